The van der Waals surface area contributed by atoms with Crippen molar-refractivity contribution in [3.8, 4) is 22.6 Å². The van der Waals surface area contributed by atoms with Crippen LogP contribution in [0.2, 0.25) is 0 Å². The van der Waals surface area contributed by atoms with Crippen LogP contribution in [-0.4, -0.2) is 10.1 Å². The number of nitrogens with two attached hydrogens (primary N) is 1. The first-order valence-corrected chi connectivity index (χ1v) is 5.88. The number of rotatable bonds is 2. The van der Waals surface area contributed by atoms with Crippen LogP contribution in [0.15, 0.2) is 41.1 Å². The Balaban J connectivity index is 2.19. The normalized spacial score (nSPS) is 10.8. The SMILES string of the molecule is Nc1noc(-c2ccc(F)cn2)c1-c1cc(F)cc(F)c1. The Kier molecular flexibility index (Phi) is 3.09. The van der Waals surface area contributed by atoms with Gasteiger partial charge in [-0.15, -0.1) is 0 Å². The molecule has 0 unspecified atom stereocenters. The molecule has 106 valence electrons. The second-order valence-corrected chi connectivity index (χ2v) is 4.29. The lowest BCUT2D eigenvalue weighted by molar-refractivity contribution is 0.434. The van der Waals surface area contributed by atoms with Gasteiger partial charge in [0.2, 0.25) is 0 Å². The van der Waals surface area contributed by atoms with Crippen LogP contribution in [-0.2, 0) is 0 Å². The highest BCUT2D eigenvalue weighted by Crippen LogP contribution is 2.36. The van der Waals surface area contributed by atoms with Gasteiger partial charge in [0.25, 0.3) is 0 Å². The molecule has 0 saturated heterocycles. The zero-order valence-corrected chi connectivity index (χ0v) is 10.5. The van der Waals surface area contributed by atoms with E-state index in [2.05, 4.69) is 10.1 Å². The Labute approximate surface area is 117 Å². The molecule has 0 fully saturated rings. The third-order valence-electron chi connectivity index (χ3n) is 2.83. The molecule has 3 rings (SSSR count). The minimum atomic E-state index is -0.761. The van der Waals surface area contributed by atoms with Crippen LogP contribution in [0.4, 0.5) is 19.0 Å². The molecule has 3 aromatic rings. The Hall–Kier alpha value is -2.83. The standard InChI is InChI=1S/C14H8F3N3O/c15-8-1-2-11(19-6-8)13-12(14(18)20-21-13)7-3-9(16)5-10(17)4-7/h1-6H,(H2,18,20). The molecule has 0 aliphatic heterocycles. The van der Waals surface area contributed by atoms with Crippen molar-refractivity contribution in [2.45, 2.75) is 0 Å². The van der Waals surface area contributed by atoms with Gasteiger partial charge in [-0.2, -0.15) is 0 Å². The predicted molar refractivity (Wildman–Crippen MR) is 69.5 cm³/mol. The fourth-order valence-electron chi connectivity index (χ4n) is 1.96. The number of hydrogen-bond acceptors (Lipinski definition) is 4. The van der Waals surface area contributed by atoms with Gasteiger partial charge in [-0.3, -0.25) is 0 Å². The van der Waals surface area contributed by atoms with E-state index in [1.807, 2.05) is 0 Å². The van der Waals surface area contributed by atoms with Gasteiger partial charge in [-0.25, -0.2) is 18.2 Å². The average Bonchev–Trinajstić information content (AvgIpc) is 2.80. The largest absolute Gasteiger partial charge is 0.380 e. The van der Waals surface area contributed by atoms with Crippen LogP contribution >= 0.6 is 0 Å². The Morgan fingerprint density at radius 3 is 2.29 bits per heavy atom. The third kappa shape index (κ3) is 2.45. The van der Waals surface area contributed by atoms with E-state index < -0.39 is 17.5 Å². The van der Waals surface area contributed by atoms with E-state index in [1.165, 1.54) is 12.1 Å². The van der Waals surface area contributed by atoms with Crippen LogP contribution in [0.1, 0.15) is 0 Å². The van der Waals surface area contributed by atoms with Gasteiger partial charge < -0.3 is 10.3 Å². The van der Waals surface area contributed by atoms with Crippen molar-refractivity contribution in [3.05, 3.63) is 54.0 Å². The second-order valence-electron chi connectivity index (χ2n) is 4.29. The second kappa shape index (κ2) is 4.93. The van der Waals surface area contributed by atoms with Gasteiger partial charge >= 0.3 is 0 Å². The van der Waals surface area contributed by atoms with Crippen molar-refractivity contribution in [1.29, 1.82) is 0 Å². The van der Waals surface area contributed by atoms with Crippen LogP contribution < -0.4 is 5.73 Å². The quantitative estimate of drug-likeness (QED) is 0.786. The Morgan fingerprint density at radius 2 is 1.67 bits per heavy atom. The van der Waals surface area contributed by atoms with Gasteiger partial charge in [0.05, 0.1) is 11.8 Å². The molecule has 0 spiro atoms. The van der Waals surface area contributed by atoms with Crippen LogP contribution in [0, 0.1) is 17.5 Å². The fourth-order valence-corrected chi connectivity index (χ4v) is 1.96. The van der Waals surface area contributed by atoms with Crippen molar-refractivity contribution in [3.63, 3.8) is 0 Å². The summed E-state index contributed by atoms with van der Waals surface area (Å²) in [6.45, 7) is 0. The van der Waals surface area contributed by atoms with Gasteiger partial charge in [-0.1, -0.05) is 5.16 Å². The molecule has 0 bridgehead atoms. The lowest BCUT2D eigenvalue weighted by Gasteiger charge is -2.03. The number of hydrogen-bond donors (Lipinski definition) is 1. The molecule has 0 aliphatic rings. The summed E-state index contributed by atoms with van der Waals surface area (Å²) in [4.78, 5) is 3.84. The third-order valence-corrected chi connectivity index (χ3v) is 2.83. The number of halogens is 3. The molecule has 7 heteroatoms. The summed E-state index contributed by atoms with van der Waals surface area (Å²) in [5.41, 5.74) is 6.30. The average molecular weight is 291 g/mol. The maximum Gasteiger partial charge on any atom is 0.195 e. The molecule has 2 aromatic heterocycles. The van der Waals surface area contributed by atoms with Crippen LogP contribution in [0.5, 0.6) is 0 Å². The molecule has 21 heavy (non-hydrogen) atoms. The molecule has 4 nitrogen and oxygen atoms in total. The first-order chi connectivity index (χ1) is 10.0. The number of benzene rings is 1. The van der Waals surface area contributed by atoms with E-state index in [1.54, 1.807) is 0 Å². The van der Waals surface area contributed by atoms with E-state index in [4.69, 9.17) is 10.3 Å². The van der Waals surface area contributed by atoms with Crippen molar-refractivity contribution < 1.29 is 17.7 Å². The summed E-state index contributed by atoms with van der Waals surface area (Å²) >= 11 is 0. The van der Waals surface area contributed by atoms with Gasteiger partial charge in [0.1, 0.15) is 23.1 Å². The predicted octanol–water partition coefficient (Wildman–Crippen LogP) is 3.40. The summed E-state index contributed by atoms with van der Waals surface area (Å²) in [6.07, 6.45) is 0.990. The van der Waals surface area contributed by atoms with Gasteiger partial charge in [0, 0.05) is 6.07 Å². The van der Waals surface area contributed by atoms with Crippen molar-refractivity contribution >= 4 is 5.82 Å². The number of pyridine rings is 1. The number of nitrogen functional groups attached to an aromatic ring is 1. The van der Waals surface area contributed by atoms with Crippen LogP contribution in [0.25, 0.3) is 22.6 Å². The molecular formula is C14H8F3N3O. The summed E-state index contributed by atoms with van der Waals surface area (Å²) in [5, 5.41) is 3.58. The van der Waals surface area contributed by atoms with E-state index >= 15 is 0 Å². The molecule has 2 N–H and O–H groups in total. The minimum Gasteiger partial charge on any atom is -0.380 e. The highest BCUT2D eigenvalue weighted by atomic mass is 19.1. The summed E-state index contributed by atoms with van der Waals surface area (Å²) in [6, 6.07) is 5.46. The van der Waals surface area contributed by atoms with Crippen molar-refractivity contribution in [2.75, 3.05) is 5.73 Å². The number of nitrogens with zero attached hydrogens (tertiary/aromatic N) is 2. The van der Waals surface area contributed by atoms with Crippen molar-refractivity contribution in [2.24, 2.45) is 0 Å². The molecule has 1 aromatic carbocycles. The van der Waals surface area contributed by atoms with Crippen molar-refractivity contribution in [1.82, 2.24) is 10.1 Å². The summed E-state index contributed by atoms with van der Waals surface area (Å²) < 4.78 is 44.6. The highest BCUT2D eigenvalue weighted by molar-refractivity contribution is 5.85. The van der Waals surface area contributed by atoms with Gasteiger partial charge in [0.15, 0.2) is 11.6 Å². The first-order valence-electron chi connectivity index (χ1n) is 5.88. The van der Waals surface area contributed by atoms with E-state index in [9.17, 15) is 13.2 Å². The molecular weight excluding hydrogens is 283 g/mol. The topological polar surface area (TPSA) is 64.9 Å². The minimum absolute atomic E-state index is 0.0406. The summed E-state index contributed by atoms with van der Waals surface area (Å²) in [5.74, 6) is -1.98. The Bertz CT molecular complexity index is 779. The smallest absolute Gasteiger partial charge is 0.195 e. The number of anilines is 1. The monoisotopic (exact) mass is 291 g/mol. The maximum atomic E-state index is 13.3. The lowest BCUT2D eigenvalue weighted by Crippen LogP contribution is -1.92. The lowest BCUT2D eigenvalue weighted by atomic mass is 10.0. The van der Waals surface area contributed by atoms with E-state index in [0.717, 1.165) is 24.4 Å². The van der Waals surface area contributed by atoms with Crippen LogP contribution in [0.3, 0.4) is 0 Å². The zero-order valence-electron chi connectivity index (χ0n) is 10.5. The van der Waals surface area contributed by atoms with E-state index in [0.29, 0.717) is 0 Å². The first kappa shape index (κ1) is 13.2. The molecule has 0 aliphatic carbocycles. The Morgan fingerprint density at radius 1 is 0.952 bits per heavy atom. The zero-order chi connectivity index (χ0) is 15.0. The fraction of sp³-hybridized carbons (Fsp3) is 0. The molecule has 0 atom stereocenters. The molecule has 2 heterocycles. The van der Waals surface area contributed by atoms with Gasteiger partial charge in [-0.05, 0) is 29.8 Å². The maximum absolute atomic E-state index is 13.3. The van der Waals surface area contributed by atoms with E-state index in [-0.39, 0.29) is 28.4 Å². The molecule has 0 radical (unpaired) electrons. The molecule has 0 saturated carbocycles. The summed E-state index contributed by atoms with van der Waals surface area (Å²) in [7, 11) is 0. The molecule has 0 amide bonds. The highest BCUT2D eigenvalue weighted by Gasteiger charge is 2.20. The number of aromatic nitrogens is 2.